The van der Waals surface area contributed by atoms with Gasteiger partial charge in [-0.25, -0.2) is 0 Å². The monoisotopic (exact) mass is 455 g/mol. The molecule has 170 valence electrons. The number of benzene rings is 2. The Kier molecular flexibility index (Phi) is 7.11. The lowest BCUT2D eigenvalue weighted by Crippen LogP contribution is -2.32. The van der Waals surface area contributed by atoms with Gasteiger partial charge in [0.25, 0.3) is 0 Å². The lowest BCUT2D eigenvalue weighted by molar-refractivity contribution is -0.166. The molecule has 0 aromatic heterocycles. The number of Topliss-reactive ketones (excluding diaryl/α,β-unsaturated/α-hetero) is 2. The number of hydrogen-bond acceptors (Lipinski definition) is 5. The molecule has 2 aromatic carbocycles. The highest BCUT2D eigenvalue weighted by Crippen LogP contribution is 2.35. The molecule has 4 atom stereocenters. The number of carbonyl (C=O) groups is 2. The average molecular weight is 456 g/mol. The maximum absolute atomic E-state index is 13.6. The quantitative estimate of drug-likeness (QED) is 0.558. The molecule has 2 aromatic rings. The summed E-state index contributed by atoms with van der Waals surface area (Å²) in [6, 6.07) is 13.7. The summed E-state index contributed by atoms with van der Waals surface area (Å²) < 4.78 is 5.53. The van der Waals surface area contributed by atoms with Gasteiger partial charge in [0.05, 0.1) is 6.61 Å². The molecule has 32 heavy (non-hydrogen) atoms. The lowest BCUT2D eigenvalue weighted by atomic mass is 9.82. The lowest BCUT2D eigenvalue weighted by Gasteiger charge is -2.22. The second-order valence-electron chi connectivity index (χ2n) is 8.79. The van der Waals surface area contributed by atoms with Gasteiger partial charge in [-0.2, -0.15) is 5.06 Å². The molecule has 5 nitrogen and oxygen atoms in total. The van der Waals surface area contributed by atoms with E-state index in [1.165, 1.54) is 6.92 Å². The number of rotatable bonds is 7. The number of nitrogens with zero attached hydrogens (tertiary/aromatic N) is 1. The van der Waals surface area contributed by atoms with Crippen molar-refractivity contribution in [2.45, 2.75) is 51.2 Å². The van der Waals surface area contributed by atoms with Crippen LogP contribution in [-0.4, -0.2) is 49.0 Å². The van der Waals surface area contributed by atoms with E-state index in [0.717, 1.165) is 41.7 Å². The Morgan fingerprint density at radius 2 is 1.88 bits per heavy atom. The molecule has 0 radical (unpaired) electrons. The van der Waals surface area contributed by atoms with Gasteiger partial charge in [-0.1, -0.05) is 42.8 Å². The predicted molar refractivity (Wildman–Crippen MR) is 125 cm³/mol. The van der Waals surface area contributed by atoms with Gasteiger partial charge in [0.2, 0.25) is 0 Å². The fraction of sp³-hybridized carbons (Fsp3) is 0.462. The van der Waals surface area contributed by atoms with Crippen molar-refractivity contribution in [1.82, 2.24) is 5.06 Å². The van der Waals surface area contributed by atoms with E-state index in [2.05, 4.69) is 0 Å². The van der Waals surface area contributed by atoms with Gasteiger partial charge in [-0.3, -0.25) is 14.4 Å². The van der Waals surface area contributed by atoms with Crippen LogP contribution in [-0.2, 0) is 25.6 Å². The second-order valence-corrected chi connectivity index (χ2v) is 9.22. The van der Waals surface area contributed by atoms with Gasteiger partial charge in [0.1, 0.15) is 17.8 Å². The largest absolute Gasteiger partial charge is 0.381 e. The first-order valence-electron chi connectivity index (χ1n) is 11.3. The number of halogens is 1. The molecule has 0 spiro atoms. The van der Waals surface area contributed by atoms with E-state index in [1.807, 2.05) is 56.4 Å². The van der Waals surface area contributed by atoms with Crippen molar-refractivity contribution in [2.75, 3.05) is 20.3 Å². The van der Waals surface area contributed by atoms with Gasteiger partial charge >= 0.3 is 0 Å². The molecule has 0 saturated carbocycles. The molecule has 2 aliphatic rings. The van der Waals surface area contributed by atoms with E-state index in [1.54, 1.807) is 5.06 Å². The van der Waals surface area contributed by atoms with Gasteiger partial charge in [-0.15, -0.1) is 0 Å². The number of carbonyl (C=O) groups excluding carboxylic acids is 2. The van der Waals surface area contributed by atoms with Crippen LogP contribution < -0.4 is 0 Å². The summed E-state index contributed by atoms with van der Waals surface area (Å²) in [4.78, 5) is 32.4. The third-order valence-electron chi connectivity index (χ3n) is 6.75. The van der Waals surface area contributed by atoms with E-state index < -0.39 is 12.0 Å². The summed E-state index contributed by atoms with van der Waals surface area (Å²) in [5.74, 6) is -0.798. The van der Waals surface area contributed by atoms with Crippen LogP contribution in [0.5, 0.6) is 0 Å². The number of ether oxygens (including phenoxy) is 1. The predicted octanol–water partition coefficient (Wildman–Crippen LogP) is 4.85. The standard InChI is InChI=1S/C26H30ClNO4/c1-4-17-5-6-19(18-7-9-21(27)10-8-18)13-22(17)25(16(2)29)26(30)24-14-23(28(3)32-24)20-11-12-31-15-20/h5-10,13,20,23-25H,4,11-12,14-15H2,1-3H3. The van der Waals surface area contributed by atoms with E-state index in [0.29, 0.717) is 24.0 Å². The molecule has 0 bridgehead atoms. The Morgan fingerprint density at radius 1 is 1.16 bits per heavy atom. The van der Waals surface area contributed by atoms with E-state index >= 15 is 0 Å². The second kappa shape index (κ2) is 9.84. The van der Waals surface area contributed by atoms with Crippen LogP contribution in [0.25, 0.3) is 11.1 Å². The SMILES string of the molecule is CCc1ccc(-c2ccc(Cl)cc2)cc1C(C(C)=O)C(=O)C1CC(C2CCOC2)N(C)O1. The fourth-order valence-electron chi connectivity index (χ4n) is 4.97. The first kappa shape index (κ1) is 23.1. The molecule has 0 N–H and O–H groups in total. The third kappa shape index (κ3) is 4.67. The van der Waals surface area contributed by atoms with Crippen molar-refractivity contribution in [2.24, 2.45) is 5.92 Å². The molecule has 2 heterocycles. The van der Waals surface area contributed by atoms with E-state index in [9.17, 15) is 9.59 Å². The van der Waals surface area contributed by atoms with Crippen LogP contribution in [0.4, 0.5) is 0 Å². The van der Waals surface area contributed by atoms with Crippen LogP contribution in [0.1, 0.15) is 43.7 Å². The zero-order valence-electron chi connectivity index (χ0n) is 18.8. The number of aryl methyl sites for hydroxylation is 1. The Hall–Kier alpha value is -2.05. The number of hydroxylamine groups is 2. The molecule has 4 rings (SSSR count). The van der Waals surface area contributed by atoms with Gasteiger partial charge in [0.15, 0.2) is 5.78 Å². The summed E-state index contributed by atoms with van der Waals surface area (Å²) in [5, 5.41) is 2.46. The Morgan fingerprint density at radius 3 is 2.50 bits per heavy atom. The molecular formula is C26H30ClNO4. The van der Waals surface area contributed by atoms with E-state index in [-0.39, 0.29) is 17.6 Å². The molecule has 2 aliphatic heterocycles. The van der Waals surface area contributed by atoms with Gasteiger partial charge in [0, 0.05) is 37.1 Å². The van der Waals surface area contributed by atoms with E-state index in [4.69, 9.17) is 21.2 Å². The Balaban J connectivity index is 1.64. The minimum absolute atomic E-state index is 0.130. The van der Waals surface area contributed by atoms with Crippen LogP contribution in [0, 0.1) is 5.92 Å². The van der Waals surface area contributed by atoms with Crippen molar-refractivity contribution in [1.29, 1.82) is 0 Å². The van der Waals surface area contributed by atoms with Crippen molar-refractivity contribution >= 4 is 23.2 Å². The summed E-state index contributed by atoms with van der Waals surface area (Å²) in [6.45, 7) is 4.98. The minimum atomic E-state index is -0.839. The zero-order valence-corrected chi connectivity index (χ0v) is 19.6. The maximum atomic E-state index is 13.6. The molecule has 0 amide bonds. The highest BCUT2D eigenvalue weighted by Gasteiger charge is 2.44. The topological polar surface area (TPSA) is 55.8 Å². The summed E-state index contributed by atoms with van der Waals surface area (Å²) in [7, 11) is 1.87. The number of hydrogen-bond donors (Lipinski definition) is 0. The normalized spacial score (nSPS) is 24.6. The molecule has 2 saturated heterocycles. The van der Waals surface area contributed by atoms with Crippen LogP contribution >= 0.6 is 11.6 Å². The fourth-order valence-corrected chi connectivity index (χ4v) is 5.10. The number of ketones is 2. The molecule has 6 heteroatoms. The minimum Gasteiger partial charge on any atom is -0.381 e. The molecular weight excluding hydrogens is 426 g/mol. The highest BCUT2D eigenvalue weighted by atomic mass is 35.5. The van der Waals surface area contributed by atoms with Crippen molar-refractivity contribution in [3.8, 4) is 11.1 Å². The van der Waals surface area contributed by atoms with Gasteiger partial charge in [-0.05, 0) is 60.2 Å². The van der Waals surface area contributed by atoms with Crippen molar-refractivity contribution in [3.05, 3.63) is 58.6 Å². The third-order valence-corrected chi connectivity index (χ3v) is 7.00. The summed E-state index contributed by atoms with van der Waals surface area (Å²) in [5.41, 5.74) is 3.73. The first-order valence-corrected chi connectivity index (χ1v) is 11.7. The average Bonchev–Trinajstić information content (AvgIpc) is 3.43. The Labute approximate surface area is 194 Å². The van der Waals surface area contributed by atoms with Crippen molar-refractivity contribution < 1.29 is 19.2 Å². The first-order chi connectivity index (χ1) is 15.4. The van der Waals surface area contributed by atoms with Crippen LogP contribution in [0.15, 0.2) is 42.5 Å². The van der Waals surface area contributed by atoms with Crippen molar-refractivity contribution in [3.63, 3.8) is 0 Å². The van der Waals surface area contributed by atoms with Crippen LogP contribution in [0.3, 0.4) is 0 Å². The molecule has 0 aliphatic carbocycles. The zero-order chi connectivity index (χ0) is 22.8. The maximum Gasteiger partial charge on any atom is 0.178 e. The Bertz CT molecular complexity index is 984. The van der Waals surface area contributed by atoms with Gasteiger partial charge < -0.3 is 4.74 Å². The molecule has 4 unspecified atom stereocenters. The summed E-state index contributed by atoms with van der Waals surface area (Å²) >= 11 is 6.04. The van der Waals surface area contributed by atoms with Crippen LogP contribution in [0.2, 0.25) is 5.02 Å². The molecule has 2 fully saturated rings. The smallest absolute Gasteiger partial charge is 0.178 e. The highest BCUT2D eigenvalue weighted by molar-refractivity contribution is 6.30. The summed E-state index contributed by atoms with van der Waals surface area (Å²) in [6.07, 6.45) is 1.67.